The summed E-state index contributed by atoms with van der Waals surface area (Å²) in [6, 6.07) is 5.57. The van der Waals surface area contributed by atoms with Crippen LogP contribution in [-0.2, 0) is 0 Å². The van der Waals surface area contributed by atoms with Crippen LogP contribution in [0.25, 0.3) is 0 Å². The monoisotopic (exact) mass is 213 g/mol. The highest BCUT2D eigenvalue weighted by Gasteiger charge is 2.14. The number of hydrogen-bond acceptors (Lipinski definition) is 3. The van der Waals surface area contributed by atoms with E-state index in [1.54, 1.807) is 23.7 Å². The van der Waals surface area contributed by atoms with Crippen molar-refractivity contribution in [3.8, 4) is 0 Å². The van der Waals surface area contributed by atoms with Gasteiger partial charge >= 0.3 is 0 Å². The standard InChI is InChI=1S/C9H8ClNOS/c10-9-6(3-4-12-9)8(11)7-2-1-5-13-7/h1-5,8H,11H2. The second-order valence-electron chi connectivity index (χ2n) is 2.64. The maximum atomic E-state index is 5.97. The maximum Gasteiger partial charge on any atom is 0.198 e. The van der Waals surface area contributed by atoms with Crippen molar-refractivity contribution in [2.75, 3.05) is 0 Å². The average molecular weight is 214 g/mol. The van der Waals surface area contributed by atoms with Crippen molar-refractivity contribution in [2.45, 2.75) is 6.04 Å². The highest BCUT2D eigenvalue weighted by Crippen LogP contribution is 2.29. The van der Waals surface area contributed by atoms with Gasteiger partial charge in [0.2, 0.25) is 0 Å². The molecule has 1 unspecified atom stereocenters. The lowest BCUT2D eigenvalue weighted by Crippen LogP contribution is -2.09. The quantitative estimate of drug-likeness (QED) is 0.833. The molecule has 13 heavy (non-hydrogen) atoms. The number of halogens is 1. The predicted octanol–water partition coefficient (Wildman–Crippen LogP) is 3.04. The van der Waals surface area contributed by atoms with Gasteiger partial charge in [0.05, 0.1) is 12.3 Å². The molecule has 2 aromatic rings. The molecule has 0 aliphatic carbocycles. The van der Waals surface area contributed by atoms with Crippen molar-refractivity contribution in [1.29, 1.82) is 0 Å². The van der Waals surface area contributed by atoms with Crippen LogP contribution in [0.15, 0.2) is 34.3 Å². The fraction of sp³-hybridized carbons (Fsp3) is 0.111. The minimum absolute atomic E-state index is 0.175. The van der Waals surface area contributed by atoms with Gasteiger partial charge in [0.1, 0.15) is 0 Å². The maximum absolute atomic E-state index is 5.97. The van der Waals surface area contributed by atoms with Gasteiger partial charge in [0.15, 0.2) is 5.22 Å². The van der Waals surface area contributed by atoms with Gasteiger partial charge in [-0.05, 0) is 29.1 Å². The Kier molecular flexibility index (Phi) is 2.40. The van der Waals surface area contributed by atoms with Crippen molar-refractivity contribution in [1.82, 2.24) is 0 Å². The fourth-order valence-electron chi connectivity index (χ4n) is 1.15. The Morgan fingerprint density at radius 3 is 2.85 bits per heavy atom. The molecule has 2 heterocycles. The molecule has 1 atom stereocenters. The molecule has 0 saturated heterocycles. The van der Waals surface area contributed by atoms with Gasteiger partial charge in [-0.3, -0.25) is 0 Å². The van der Waals surface area contributed by atoms with E-state index >= 15 is 0 Å². The molecule has 0 aromatic carbocycles. The van der Waals surface area contributed by atoms with E-state index in [4.69, 9.17) is 21.8 Å². The molecular formula is C9H8ClNOS. The van der Waals surface area contributed by atoms with Gasteiger partial charge < -0.3 is 10.2 Å². The van der Waals surface area contributed by atoms with Crippen LogP contribution in [0.1, 0.15) is 16.5 Å². The summed E-state index contributed by atoms with van der Waals surface area (Å²) in [6.07, 6.45) is 1.55. The lowest BCUT2D eigenvalue weighted by molar-refractivity contribution is 0.564. The Morgan fingerprint density at radius 1 is 1.46 bits per heavy atom. The average Bonchev–Trinajstić information content (AvgIpc) is 2.72. The second-order valence-corrected chi connectivity index (χ2v) is 3.97. The summed E-state index contributed by atoms with van der Waals surface area (Å²) in [4.78, 5) is 1.09. The number of furan rings is 1. The van der Waals surface area contributed by atoms with Crippen molar-refractivity contribution >= 4 is 22.9 Å². The molecule has 0 spiro atoms. The third kappa shape index (κ3) is 1.63. The van der Waals surface area contributed by atoms with Gasteiger partial charge in [-0.2, -0.15) is 0 Å². The Bertz CT molecular complexity index is 382. The molecule has 0 saturated carbocycles. The number of hydrogen-bond donors (Lipinski definition) is 1. The van der Waals surface area contributed by atoms with Crippen LogP contribution in [0, 0.1) is 0 Å². The molecule has 2 aromatic heterocycles. The molecule has 0 bridgehead atoms. The minimum Gasteiger partial charge on any atom is -0.453 e. The van der Waals surface area contributed by atoms with Gasteiger partial charge in [0.25, 0.3) is 0 Å². The van der Waals surface area contributed by atoms with Gasteiger partial charge in [-0.1, -0.05) is 6.07 Å². The highest BCUT2D eigenvalue weighted by atomic mass is 35.5. The van der Waals surface area contributed by atoms with E-state index in [-0.39, 0.29) is 6.04 Å². The normalized spacial score (nSPS) is 13.1. The third-order valence-corrected chi connectivity index (χ3v) is 3.09. The summed E-state index contributed by atoms with van der Waals surface area (Å²) in [5, 5.41) is 2.37. The van der Waals surface area contributed by atoms with E-state index in [1.165, 1.54) is 0 Å². The summed E-state index contributed by atoms with van der Waals surface area (Å²) in [5.74, 6) is 0. The van der Waals surface area contributed by atoms with Crippen molar-refractivity contribution in [2.24, 2.45) is 5.73 Å². The first-order valence-corrected chi connectivity index (χ1v) is 5.06. The largest absolute Gasteiger partial charge is 0.453 e. The Balaban J connectivity index is 2.33. The van der Waals surface area contributed by atoms with Gasteiger partial charge in [0, 0.05) is 10.4 Å². The Morgan fingerprint density at radius 2 is 2.31 bits per heavy atom. The first-order valence-electron chi connectivity index (χ1n) is 3.81. The summed E-state index contributed by atoms with van der Waals surface area (Å²) in [6.45, 7) is 0. The van der Waals surface area contributed by atoms with Crippen molar-refractivity contribution in [3.63, 3.8) is 0 Å². The summed E-state index contributed by atoms with van der Waals surface area (Å²) < 4.78 is 4.97. The van der Waals surface area contributed by atoms with E-state index in [0.717, 1.165) is 10.4 Å². The predicted molar refractivity (Wildman–Crippen MR) is 54.1 cm³/mol. The Hall–Kier alpha value is -0.770. The van der Waals surface area contributed by atoms with Crippen LogP contribution in [0.4, 0.5) is 0 Å². The lowest BCUT2D eigenvalue weighted by Gasteiger charge is -2.06. The smallest absolute Gasteiger partial charge is 0.198 e. The second kappa shape index (κ2) is 3.54. The molecule has 0 amide bonds. The van der Waals surface area contributed by atoms with E-state index in [9.17, 15) is 0 Å². The molecule has 2 nitrogen and oxygen atoms in total. The molecule has 0 fully saturated rings. The van der Waals surface area contributed by atoms with Crippen LogP contribution in [0.5, 0.6) is 0 Å². The summed E-state index contributed by atoms with van der Waals surface area (Å²) in [7, 11) is 0. The molecule has 2 rings (SSSR count). The molecule has 0 aliphatic rings. The van der Waals surface area contributed by atoms with Crippen LogP contribution < -0.4 is 5.73 Å². The van der Waals surface area contributed by atoms with E-state index in [2.05, 4.69) is 0 Å². The first-order chi connectivity index (χ1) is 6.29. The SMILES string of the molecule is NC(c1cccs1)c1ccoc1Cl. The summed E-state index contributed by atoms with van der Waals surface area (Å²) in [5.41, 5.74) is 6.81. The fourth-order valence-corrected chi connectivity index (χ4v) is 2.12. The summed E-state index contributed by atoms with van der Waals surface area (Å²) >= 11 is 7.42. The molecule has 0 radical (unpaired) electrons. The zero-order valence-electron chi connectivity index (χ0n) is 6.74. The first kappa shape index (κ1) is 8.81. The highest BCUT2D eigenvalue weighted by molar-refractivity contribution is 7.10. The molecule has 2 N–H and O–H groups in total. The van der Waals surface area contributed by atoms with Crippen molar-refractivity contribution in [3.05, 3.63) is 45.5 Å². The van der Waals surface area contributed by atoms with E-state index in [1.807, 2.05) is 17.5 Å². The topological polar surface area (TPSA) is 39.2 Å². The van der Waals surface area contributed by atoms with Crippen LogP contribution in [-0.4, -0.2) is 0 Å². The minimum atomic E-state index is -0.175. The lowest BCUT2D eigenvalue weighted by atomic mass is 10.1. The number of rotatable bonds is 2. The third-order valence-electron chi connectivity index (χ3n) is 1.83. The van der Waals surface area contributed by atoms with Crippen LogP contribution in [0.3, 0.4) is 0 Å². The van der Waals surface area contributed by atoms with Gasteiger partial charge in [-0.15, -0.1) is 11.3 Å². The van der Waals surface area contributed by atoms with E-state index < -0.39 is 0 Å². The molecule has 68 valence electrons. The molecule has 4 heteroatoms. The number of nitrogens with two attached hydrogens (primary N) is 1. The number of thiophene rings is 1. The van der Waals surface area contributed by atoms with Gasteiger partial charge in [-0.25, -0.2) is 0 Å². The zero-order chi connectivity index (χ0) is 9.26. The molecular weight excluding hydrogens is 206 g/mol. The Labute approximate surface area is 84.9 Å². The van der Waals surface area contributed by atoms with Crippen LogP contribution in [0.2, 0.25) is 5.22 Å². The van der Waals surface area contributed by atoms with E-state index in [0.29, 0.717) is 5.22 Å². The molecule has 0 aliphatic heterocycles. The zero-order valence-corrected chi connectivity index (χ0v) is 8.31. The van der Waals surface area contributed by atoms with Crippen LogP contribution >= 0.6 is 22.9 Å². The van der Waals surface area contributed by atoms with Crippen molar-refractivity contribution < 1.29 is 4.42 Å².